The van der Waals surface area contributed by atoms with Gasteiger partial charge in [-0.05, 0) is 6.72 Å². The van der Waals surface area contributed by atoms with Crippen molar-refractivity contribution in [3.8, 4) is 0 Å². The van der Waals surface area contributed by atoms with E-state index in [0.29, 0.717) is 12.3 Å². The fourth-order valence-electron chi connectivity index (χ4n) is 0.340. The van der Waals surface area contributed by atoms with E-state index in [1.165, 1.54) is 0 Å². The van der Waals surface area contributed by atoms with Gasteiger partial charge in [0.25, 0.3) is 0 Å². The topological polar surface area (TPSA) is 12.4 Å². The molecule has 10 heavy (non-hydrogen) atoms. The third-order valence-corrected chi connectivity index (χ3v) is 0.778. The van der Waals surface area contributed by atoms with Crippen LogP contribution in [0.5, 0.6) is 0 Å². The number of hydrogen-bond acceptors (Lipinski definition) is 1. The van der Waals surface area contributed by atoms with Crippen LogP contribution in [0.1, 0.15) is 0 Å². The molecule has 4 heteroatoms. The summed E-state index contributed by atoms with van der Waals surface area (Å²) in [6.07, 6.45) is -3.06. The number of nitrogens with zero attached hydrogens (tertiary/aromatic N) is 1. The van der Waals surface area contributed by atoms with Gasteiger partial charge in [-0.3, -0.25) is 4.99 Å². The van der Waals surface area contributed by atoms with Crippen LogP contribution in [0.15, 0.2) is 29.4 Å². The van der Waals surface area contributed by atoms with Gasteiger partial charge in [0.1, 0.15) is 0 Å². The van der Waals surface area contributed by atoms with Gasteiger partial charge in [0.15, 0.2) is 0 Å². The van der Waals surface area contributed by atoms with Crippen LogP contribution in [0.4, 0.5) is 13.2 Å². The number of hydrogen-bond donors (Lipinski definition) is 0. The highest BCUT2D eigenvalue weighted by molar-refractivity contribution is 5.30. The van der Waals surface area contributed by atoms with Crippen LogP contribution in [0.3, 0.4) is 0 Å². The molecule has 0 aromatic rings. The van der Waals surface area contributed by atoms with Crippen molar-refractivity contribution in [1.82, 2.24) is 0 Å². The molecule has 0 saturated carbocycles. The van der Waals surface area contributed by atoms with E-state index >= 15 is 0 Å². The second-order valence-corrected chi connectivity index (χ2v) is 1.47. The minimum Gasteiger partial charge on any atom is -0.272 e. The van der Waals surface area contributed by atoms with Crippen LogP contribution in [0, 0.1) is 0 Å². The maximum absolute atomic E-state index is 11.7. The first-order valence-corrected chi connectivity index (χ1v) is 2.38. The molecule has 0 aliphatic rings. The summed E-state index contributed by atoms with van der Waals surface area (Å²) < 4.78 is 35.0. The summed E-state index contributed by atoms with van der Waals surface area (Å²) in [5.41, 5.74) is -0.887. The first-order chi connectivity index (χ1) is 4.52. The number of aliphatic imine (C=N–C) groups is 1. The van der Waals surface area contributed by atoms with Gasteiger partial charge in [0.2, 0.25) is 0 Å². The SMILES string of the molecule is C=C/C(=C\N=C)C(F)(F)F. The Morgan fingerprint density at radius 3 is 2.00 bits per heavy atom. The largest absolute Gasteiger partial charge is 0.417 e. The van der Waals surface area contributed by atoms with E-state index in [1.807, 2.05) is 0 Å². The van der Waals surface area contributed by atoms with Crippen molar-refractivity contribution in [2.75, 3.05) is 0 Å². The van der Waals surface area contributed by atoms with Gasteiger partial charge >= 0.3 is 6.18 Å². The summed E-state index contributed by atoms with van der Waals surface area (Å²) in [6.45, 7) is 5.86. The predicted octanol–water partition coefficient (Wildman–Crippen LogP) is 2.32. The molecule has 0 unspecified atom stereocenters. The molecule has 0 spiro atoms. The molecule has 0 rings (SSSR count). The highest BCUT2D eigenvalue weighted by Crippen LogP contribution is 2.25. The third-order valence-electron chi connectivity index (χ3n) is 0.778. The Kier molecular flexibility index (Phi) is 2.86. The molecule has 0 fully saturated rings. The summed E-state index contributed by atoms with van der Waals surface area (Å²) in [6, 6.07) is 0. The molecular formula is C6H6F3N. The second kappa shape index (κ2) is 3.20. The lowest BCUT2D eigenvalue weighted by Crippen LogP contribution is -2.09. The molecule has 0 aromatic heterocycles. The Morgan fingerprint density at radius 2 is 1.90 bits per heavy atom. The Bertz CT molecular complexity index is 166. The second-order valence-electron chi connectivity index (χ2n) is 1.47. The predicted molar refractivity (Wildman–Crippen MR) is 33.9 cm³/mol. The van der Waals surface area contributed by atoms with Gasteiger partial charge in [-0.15, -0.1) is 0 Å². The molecule has 0 N–H and O–H groups in total. The van der Waals surface area contributed by atoms with Crippen molar-refractivity contribution >= 4 is 6.72 Å². The number of rotatable bonds is 2. The molecule has 0 bridgehead atoms. The Hall–Kier alpha value is -1.06. The standard InChI is InChI=1S/C6H6F3N/c1-3-5(4-10-2)6(7,8)9/h3-4H,1-2H2/b5-4+. The molecule has 0 aliphatic heterocycles. The van der Waals surface area contributed by atoms with Crippen LogP contribution in [0.25, 0.3) is 0 Å². The molecule has 0 saturated heterocycles. The van der Waals surface area contributed by atoms with E-state index < -0.39 is 11.7 Å². The molecule has 0 amide bonds. The van der Waals surface area contributed by atoms with Crippen LogP contribution in [-0.2, 0) is 0 Å². The summed E-state index contributed by atoms with van der Waals surface area (Å²) in [7, 11) is 0. The third kappa shape index (κ3) is 2.48. The van der Waals surface area contributed by atoms with Crippen LogP contribution < -0.4 is 0 Å². The lowest BCUT2D eigenvalue weighted by atomic mass is 10.3. The molecule has 0 atom stereocenters. The van der Waals surface area contributed by atoms with Crippen molar-refractivity contribution in [2.45, 2.75) is 6.18 Å². The van der Waals surface area contributed by atoms with Crippen molar-refractivity contribution in [3.05, 3.63) is 24.4 Å². The number of allylic oxidation sites excluding steroid dienone is 2. The maximum Gasteiger partial charge on any atom is 0.417 e. The van der Waals surface area contributed by atoms with E-state index in [2.05, 4.69) is 18.3 Å². The number of alkyl halides is 3. The van der Waals surface area contributed by atoms with Crippen molar-refractivity contribution in [2.24, 2.45) is 4.99 Å². The van der Waals surface area contributed by atoms with Crippen molar-refractivity contribution in [1.29, 1.82) is 0 Å². The smallest absolute Gasteiger partial charge is 0.272 e. The zero-order chi connectivity index (χ0) is 8.20. The van der Waals surface area contributed by atoms with Crippen molar-refractivity contribution < 1.29 is 13.2 Å². The van der Waals surface area contributed by atoms with Gasteiger partial charge in [-0.2, -0.15) is 13.2 Å². The average molecular weight is 149 g/mol. The number of halogens is 3. The van der Waals surface area contributed by atoms with E-state index in [1.54, 1.807) is 0 Å². The lowest BCUT2D eigenvalue weighted by Gasteiger charge is -2.04. The fraction of sp³-hybridized carbons (Fsp3) is 0.167. The normalized spacial score (nSPS) is 12.9. The summed E-state index contributed by atoms with van der Waals surface area (Å²) >= 11 is 0. The molecule has 1 nitrogen and oxygen atoms in total. The molecule has 0 aromatic carbocycles. The van der Waals surface area contributed by atoms with Crippen LogP contribution in [0.2, 0.25) is 0 Å². The fourth-order valence-corrected chi connectivity index (χ4v) is 0.340. The molecule has 0 radical (unpaired) electrons. The van der Waals surface area contributed by atoms with E-state index in [4.69, 9.17) is 0 Å². The molecule has 0 aliphatic carbocycles. The maximum atomic E-state index is 11.7. The van der Waals surface area contributed by atoms with Crippen LogP contribution in [-0.4, -0.2) is 12.9 Å². The van der Waals surface area contributed by atoms with Gasteiger partial charge in [-0.25, -0.2) is 0 Å². The van der Waals surface area contributed by atoms with Gasteiger partial charge in [0.05, 0.1) is 5.57 Å². The molecule has 0 heterocycles. The average Bonchev–Trinajstić information content (AvgIpc) is 1.80. The molecule has 56 valence electrons. The van der Waals surface area contributed by atoms with E-state index in [0.717, 1.165) is 0 Å². The Morgan fingerprint density at radius 1 is 1.40 bits per heavy atom. The van der Waals surface area contributed by atoms with Crippen LogP contribution >= 0.6 is 0 Å². The lowest BCUT2D eigenvalue weighted by molar-refractivity contribution is -0.0883. The monoisotopic (exact) mass is 149 g/mol. The first-order valence-electron chi connectivity index (χ1n) is 2.38. The van der Waals surface area contributed by atoms with Gasteiger partial charge in [-0.1, -0.05) is 12.7 Å². The van der Waals surface area contributed by atoms with Crippen molar-refractivity contribution in [3.63, 3.8) is 0 Å². The zero-order valence-electron chi connectivity index (χ0n) is 5.15. The van der Waals surface area contributed by atoms with E-state index in [-0.39, 0.29) is 0 Å². The van der Waals surface area contributed by atoms with Gasteiger partial charge < -0.3 is 0 Å². The highest BCUT2D eigenvalue weighted by atomic mass is 19.4. The minimum absolute atomic E-state index is 0.618. The summed E-state index contributed by atoms with van der Waals surface area (Å²) in [5, 5.41) is 0. The quantitative estimate of drug-likeness (QED) is 0.422. The Labute approximate surface area is 56.6 Å². The zero-order valence-corrected chi connectivity index (χ0v) is 5.15. The van der Waals surface area contributed by atoms with Gasteiger partial charge in [0, 0.05) is 6.20 Å². The first kappa shape index (κ1) is 8.94. The molecular weight excluding hydrogens is 143 g/mol. The minimum atomic E-state index is -4.37. The highest BCUT2D eigenvalue weighted by Gasteiger charge is 2.31. The summed E-state index contributed by atoms with van der Waals surface area (Å²) in [4.78, 5) is 2.97. The van der Waals surface area contributed by atoms with E-state index in [9.17, 15) is 13.2 Å². The summed E-state index contributed by atoms with van der Waals surface area (Å²) in [5.74, 6) is 0. The Balaban J connectivity index is 4.51.